The fourth-order valence-corrected chi connectivity index (χ4v) is 3.66. The maximum atomic E-state index is 14.4. The predicted octanol–water partition coefficient (Wildman–Crippen LogP) is 4.80. The Labute approximate surface area is 190 Å². The third-order valence-electron chi connectivity index (χ3n) is 5.40. The van der Waals surface area contributed by atoms with Crippen LogP contribution in [-0.2, 0) is 18.9 Å². The third kappa shape index (κ3) is 5.10. The van der Waals surface area contributed by atoms with Crippen molar-refractivity contribution in [3.8, 4) is 22.5 Å². The molecule has 0 aliphatic carbocycles. The molecule has 3 aromatic heterocycles. The highest BCUT2D eigenvalue weighted by Gasteiger charge is 2.36. The van der Waals surface area contributed by atoms with Gasteiger partial charge in [0.15, 0.2) is 0 Å². The zero-order valence-electron chi connectivity index (χ0n) is 18.7. The summed E-state index contributed by atoms with van der Waals surface area (Å²) in [6, 6.07) is 9.67. The molecule has 0 saturated carbocycles. The standard InChI is InChI=1S/C23H26F2N8/c1-3-5-6-20-27-22(23(24,25)12-4-2)30-33(20)15-16-7-9-17(10-8-16)19-14-26-13-11-18(19)21-28-31-32-29-21/h7-11,13-14H,3-6,12,15H2,1-2H3,(H,28,29,31,32). The molecule has 8 nitrogen and oxygen atoms in total. The molecule has 0 radical (unpaired) electrons. The summed E-state index contributed by atoms with van der Waals surface area (Å²) in [6.07, 6.45) is 5.99. The van der Waals surface area contributed by atoms with Crippen LogP contribution < -0.4 is 0 Å². The van der Waals surface area contributed by atoms with Gasteiger partial charge in [0.2, 0.25) is 11.6 Å². The topological polar surface area (TPSA) is 98.1 Å². The number of benzene rings is 1. The van der Waals surface area contributed by atoms with E-state index >= 15 is 0 Å². The van der Waals surface area contributed by atoms with E-state index in [1.54, 1.807) is 24.0 Å². The first-order valence-electron chi connectivity index (χ1n) is 11.1. The number of aromatic amines is 1. The second-order valence-electron chi connectivity index (χ2n) is 7.92. The Balaban J connectivity index is 1.59. The molecule has 1 N–H and O–H groups in total. The first-order valence-corrected chi connectivity index (χ1v) is 11.1. The molecule has 0 atom stereocenters. The van der Waals surface area contributed by atoms with Crippen molar-refractivity contribution < 1.29 is 8.78 Å². The van der Waals surface area contributed by atoms with E-state index in [4.69, 9.17) is 0 Å². The lowest BCUT2D eigenvalue weighted by Gasteiger charge is -2.10. The second-order valence-corrected chi connectivity index (χ2v) is 7.92. The molecule has 172 valence electrons. The fraction of sp³-hybridized carbons (Fsp3) is 0.391. The fourth-order valence-electron chi connectivity index (χ4n) is 3.66. The Morgan fingerprint density at radius 1 is 1.03 bits per heavy atom. The number of alkyl halides is 2. The molecule has 1 aromatic carbocycles. The van der Waals surface area contributed by atoms with Crippen molar-refractivity contribution >= 4 is 0 Å². The summed E-state index contributed by atoms with van der Waals surface area (Å²) in [5.41, 5.74) is 3.56. The number of aromatic nitrogens is 8. The van der Waals surface area contributed by atoms with E-state index < -0.39 is 5.92 Å². The van der Waals surface area contributed by atoms with Crippen molar-refractivity contribution in [1.82, 2.24) is 40.4 Å². The van der Waals surface area contributed by atoms with Crippen molar-refractivity contribution in [2.75, 3.05) is 0 Å². The monoisotopic (exact) mass is 452 g/mol. The molecule has 0 fully saturated rings. The average molecular weight is 453 g/mol. The average Bonchev–Trinajstić information content (AvgIpc) is 3.49. The van der Waals surface area contributed by atoms with Crippen LogP contribution in [-0.4, -0.2) is 40.4 Å². The SMILES string of the molecule is CCCCc1nc(C(F)(F)CCC)nn1Cc1ccc(-c2cnccc2-c2nn[nH]n2)cc1. The molecule has 3 heterocycles. The second kappa shape index (κ2) is 9.93. The van der Waals surface area contributed by atoms with Crippen molar-refractivity contribution in [2.45, 2.75) is 58.4 Å². The molecule has 10 heteroatoms. The molecular weight excluding hydrogens is 426 g/mol. The zero-order chi connectivity index (χ0) is 23.3. The molecule has 4 aromatic rings. The lowest BCUT2D eigenvalue weighted by Crippen LogP contribution is -2.15. The Kier molecular flexibility index (Phi) is 6.81. The highest BCUT2D eigenvalue weighted by molar-refractivity contribution is 5.79. The summed E-state index contributed by atoms with van der Waals surface area (Å²) in [5, 5.41) is 18.4. The minimum atomic E-state index is -3.02. The molecular formula is C23H26F2N8. The molecule has 0 amide bonds. The van der Waals surface area contributed by atoms with Gasteiger partial charge >= 0.3 is 5.92 Å². The molecule has 0 aliphatic rings. The molecule has 0 aliphatic heterocycles. The molecule has 33 heavy (non-hydrogen) atoms. The Hall–Kier alpha value is -3.56. The van der Waals surface area contributed by atoms with E-state index in [1.807, 2.05) is 30.3 Å². The highest BCUT2D eigenvalue weighted by atomic mass is 19.3. The van der Waals surface area contributed by atoms with Gasteiger partial charge < -0.3 is 0 Å². The van der Waals surface area contributed by atoms with Gasteiger partial charge in [-0.3, -0.25) is 4.98 Å². The maximum Gasteiger partial charge on any atom is 0.308 e. The molecule has 0 spiro atoms. The minimum Gasteiger partial charge on any atom is -0.264 e. The summed E-state index contributed by atoms with van der Waals surface area (Å²) < 4.78 is 30.5. The van der Waals surface area contributed by atoms with Gasteiger partial charge in [-0.1, -0.05) is 44.5 Å². The number of aryl methyl sites for hydroxylation is 1. The predicted molar refractivity (Wildman–Crippen MR) is 119 cm³/mol. The number of H-pyrrole nitrogens is 1. The smallest absolute Gasteiger partial charge is 0.264 e. The lowest BCUT2D eigenvalue weighted by atomic mass is 10.0. The maximum absolute atomic E-state index is 14.4. The number of hydrogen-bond donors (Lipinski definition) is 1. The number of rotatable bonds is 10. The van der Waals surface area contributed by atoms with Gasteiger partial charge in [-0.25, -0.2) is 9.67 Å². The first kappa shape index (κ1) is 22.6. The number of unbranched alkanes of at least 4 members (excludes halogenated alkanes) is 1. The van der Waals surface area contributed by atoms with Crippen molar-refractivity contribution in [1.29, 1.82) is 0 Å². The number of nitrogens with zero attached hydrogens (tertiary/aromatic N) is 7. The van der Waals surface area contributed by atoms with Crippen molar-refractivity contribution in [3.63, 3.8) is 0 Å². The summed E-state index contributed by atoms with van der Waals surface area (Å²) in [7, 11) is 0. The molecule has 0 bridgehead atoms. The van der Waals surface area contributed by atoms with Crippen LogP contribution in [0.5, 0.6) is 0 Å². The zero-order valence-corrected chi connectivity index (χ0v) is 18.7. The van der Waals surface area contributed by atoms with Gasteiger partial charge in [-0.15, -0.1) is 15.3 Å². The largest absolute Gasteiger partial charge is 0.308 e. The van der Waals surface area contributed by atoms with E-state index in [0.717, 1.165) is 35.1 Å². The summed E-state index contributed by atoms with van der Waals surface area (Å²) >= 11 is 0. The van der Waals surface area contributed by atoms with Crippen LogP contribution >= 0.6 is 0 Å². The number of tetrazole rings is 1. The van der Waals surface area contributed by atoms with Gasteiger partial charge in [0.25, 0.3) is 0 Å². The third-order valence-corrected chi connectivity index (χ3v) is 5.40. The van der Waals surface area contributed by atoms with E-state index in [1.165, 1.54) is 0 Å². The van der Waals surface area contributed by atoms with Crippen molar-refractivity contribution in [3.05, 3.63) is 59.9 Å². The summed E-state index contributed by atoms with van der Waals surface area (Å²) in [6.45, 7) is 4.17. The summed E-state index contributed by atoms with van der Waals surface area (Å²) in [4.78, 5) is 8.43. The quantitative estimate of drug-likeness (QED) is 0.371. The Morgan fingerprint density at radius 2 is 1.85 bits per heavy atom. The van der Waals surface area contributed by atoms with Crippen LogP contribution in [0, 0.1) is 0 Å². The van der Waals surface area contributed by atoms with E-state index in [2.05, 4.69) is 42.6 Å². The number of halogens is 2. The lowest BCUT2D eigenvalue weighted by molar-refractivity contribution is -0.0232. The normalized spacial score (nSPS) is 11.8. The van der Waals surface area contributed by atoms with E-state index in [0.29, 0.717) is 31.0 Å². The molecule has 4 rings (SSSR count). The van der Waals surface area contributed by atoms with Gasteiger partial charge in [-0.2, -0.15) is 14.0 Å². The van der Waals surface area contributed by atoms with Crippen LogP contribution in [0.2, 0.25) is 0 Å². The number of nitrogens with one attached hydrogen (secondary N) is 1. The van der Waals surface area contributed by atoms with E-state index in [9.17, 15) is 8.78 Å². The Bertz CT molecular complexity index is 1170. The number of hydrogen-bond acceptors (Lipinski definition) is 6. The van der Waals surface area contributed by atoms with E-state index in [-0.39, 0.29) is 12.2 Å². The summed E-state index contributed by atoms with van der Waals surface area (Å²) in [5.74, 6) is -2.32. The van der Waals surface area contributed by atoms with Crippen LogP contribution in [0.3, 0.4) is 0 Å². The highest BCUT2D eigenvalue weighted by Crippen LogP contribution is 2.31. The van der Waals surface area contributed by atoms with Gasteiger partial charge in [0, 0.05) is 36.4 Å². The minimum absolute atomic E-state index is 0.257. The van der Waals surface area contributed by atoms with Crippen molar-refractivity contribution in [2.24, 2.45) is 0 Å². The van der Waals surface area contributed by atoms with Crippen LogP contribution in [0.15, 0.2) is 42.7 Å². The first-order chi connectivity index (χ1) is 16.0. The number of pyridine rings is 1. The Morgan fingerprint density at radius 3 is 2.55 bits per heavy atom. The van der Waals surface area contributed by atoms with Crippen LogP contribution in [0.4, 0.5) is 8.78 Å². The molecule has 0 saturated heterocycles. The van der Waals surface area contributed by atoms with Gasteiger partial charge in [0.05, 0.1) is 6.54 Å². The van der Waals surface area contributed by atoms with Gasteiger partial charge in [-0.05, 0) is 35.2 Å². The van der Waals surface area contributed by atoms with Crippen LogP contribution in [0.25, 0.3) is 22.5 Å². The van der Waals surface area contributed by atoms with Crippen LogP contribution in [0.1, 0.15) is 56.7 Å². The van der Waals surface area contributed by atoms with Gasteiger partial charge in [0.1, 0.15) is 5.82 Å². The molecule has 0 unspecified atom stereocenters.